The van der Waals surface area contributed by atoms with Crippen molar-refractivity contribution >= 4 is 17.1 Å². The Labute approximate surface area is 173 Å². The summed E-state index contributed by atoms with van der Waals surface area (Å²) in [4.78, 5) is 40.6. The molecule has 0 saturated carbocycles. The van der Waals surface area contributed by atoms with Crippen molar-refractivity contribution < 1.29 is 4.79 Å². The number of likely N-dealkylation sites (N-methyl/N-ethyl adjacent to an activating group) is 1. The van der Waals surface area contributed by atoms with E-state index in [1.165, 1.54) is 9.13 Å². The summed E-state index contributed by atoms with van der Waals surface area (Å²) in [5.41, 5.74) is 2.52. The summed E-state index contributed by atoms with van der Waals surface area (Å²) in [6.07, 6.45) is 5.06. The lowest BCUT2D eigenvalue weighted by Gasteiger charge is -2.21. The molecule has 0 bridgehead atoms. The van der Waals surface area contributed by atoms with E-state index in [1.54, 1.807) is 30.5 Å². The molecule has 8 nitrogen and oxygen atoms in total. The maximum atomic E-state index is 13.0. The number of aromatic nitrogens is 5. The molecular weight excluding hydrogens is 379 g/mol. The Morgan fingerprint density at radius 1 is 1.10 bits per heavy atom. The maximum Gasteiger partial charge on any atom is 0.330 e. The molecule has 8 heteroatoms. The Hall–Kier alpha value is -3.81. The van der Waals surface area contributed by atoms with E-state index in [0.717, 1.165) is 11.1 Å². The van der Waals surface area contributed by atoms with Crippen molar-refractivity contribution in [3.05, 3.63) is 77.1 Å². The topological polar surface area (TPSA) is 85.9 Å². The second-order valence-electron chi connectivity index (χ2n) is 6.97. The summed E-state index contributed by atoms with van der Waals surface area (Å²) < 4.78 is 2.88. The second kappa shape index (κ2) is 8.28. The van der Waals surface area contributed by atoms with Gasteiger partial charge in [0.25, 0.3) is 0 Å². The van der Waals surface area contributed by atoms with E-state index in [-0.39, 0.29) is 18.1 Å². The van der Waals surface area contributed by atoms with E-state index in [9.17, 15) is 9.59 Å². The van der Waals surface area contributed by atoms with Crippen molar-refractivity contribution in [3.8, 4) is 11.4 Å². The minimum absolute atomic E-state index is 0.0878. The number of carbonyl (C=O) groups is 1. The summed E-state index contributed by atoms with van der Waals surface area (Å²) in [5, 5.41) is 0. The summed E-state index contributed by atoms with van der Waals surface area (Å²) in [5.74, 6) is 0.355. The van der Waals surface area contributed by atoms with E-state index < -0.39 is 0 Å². The van der Waals surface area contributed by atoms with Gasteiger partial charge in [-0.3, -0.25) is 18.9 Å². The number of hydrogen-bond donors (Lipinski definition) is 0. The average molecular weight is 401 g/mol. The lowest BCUT2D eigenvalue weighted by atomic mass is 10.2. The normalized spacial score (nSPS) is 11.0. The molecule has 3 aromatic heterocycles. The van der Waals surface area contributed by atoms with Gasteiger partial charge in [0.05, 0.1) is 6.20 Å². The number of fused-ring (bicyclic) bond motifs is 1. The fourth-order valence-corrected chi connectivity index (χ4v) is 3.37. The van der Waals surface area contributed by atoms with Gasteiger partial charge in [0.1, 0.15) is 12.1 Å². The van der Waals surface area contributed by atoms with Crippen molar-refractivity contribution in [2.24, 2.45) is 7.05 Å². The maximum absolute atomic E-state index is 13.0. The van der Waals surface area contributed by atoms with Gasteiger partial charge in [0.15, 0.2) is 11.5 Å². The third-order valence-corrected chi connectivity index (χ3v) is 5.04. The summed E-state index contributed by atoms with van der Waals surface area (Å²) in [6.45, 7) is 2.79. The number of hydrogen-bond acceptors (Lipinski definition) is 5. The second-order valence-corrected chi connectivity index (χ2v) is 6.97. The molecule has 0 spiro atoms. The average Bonchev–Trinajstić information content (AvgIpc) is 3.03. The largest absolute Gasteiger partial charge is 0.337 e. The van der Waals surface area contributed by atoms with E-state index in [2.05, 4.69) is 15.0 Å². The van der Waals surface area contributed by atoms with Crippen LogP contribution in [0.15, 0.2) is 65.8 Å². The molecule has 1 amide bonds. The van der Waals surface area contributed by atoms with Crippen LogP contribution in [-0.4, -0.2) is 41.4 Å². The van der Waals surface area contributed by atoms with Gasteiger partial charge >= 0.3 is 5.69 Å². The van der Waals surface area contributed by atoms with Crippen LogP contribution in [0, 0.1) is 0 Å². The molecule has 0 radical (unpaired) electrons. The Kier molecular flexibility index (Phi) is 5.38. The zero-order chi connectivity index (χ0) is 21.1. The lowest BCUT2D eigenvalue weighted by Crippen LogP contribution is -2.36. The molecule has 0 N–H and O–H groups in total. The minimum atomic E-state index is -0.296. The van der Waals surface area contributed by atoms with Gasteiger partial charge in [-0.2, -0.15) is 0 Å². The molecule has 0 saturated heterocycles. The highest BCUT2D eigenvalue weighted by Crippen LogP contribution is 2.17. The highest BCUT2D eigenvalue weighted by molar-refractivity contribution is 5.79. The van der Waals surface area contributed by atoms with Crippen LogP contribution < -0.4 is 5.69 Å². The monoisotopic (exact) mass is 401 g/mol. The van der Waals surface area contributed by atoms with E-state index in [1.807, 2.05) is 49.4 Å². The minimum Gasteiger partial charge on any atom is -0.337 e. The van der Waals surface area contributed by atoms with Crippen molar-refractivity contribution in [1.82, 2.24) is 29.0 Å². The van der Waals surface area contributed by atoms with Crippen molar-refractivity contribution in [3.63, 3.8) is 0 Å². The SMILES string of the molecule is CCN(Cc1cccnc1)C(=O)Cn1c(=O)n([11CH3])c2cnc(-c3ccccc3)nc21. The number of rotatable bonds is 6. The van der Waals surface area contributed by atoms with Gasteiger partial charge in [-0.15, -0.1) is 0 Å². The highest BCUT2D eigenvalue weighted by Gasteiger charge is 2.19. The Morgan fingerprint density at radius 2 is 1.90 bits per heavy atom. The predicted molar refractivity (Wildman–Crippen MR) is 114 cm³/mol. The quantitative estimate of drug-likeness (QED) is 0.495. The molecule has 4 aromatic rings. The fourth-order valence-electron chi connectivity index (χ4n) is 3.37. The van der Waals surface area contributed by atoms with Crippen LogP contribution >= 0.6 is 0 Å². The molecule has 1 aromatic carbocycles. The standard InChI is InChI=1S/C22H22N6O2/c1-3-27(14-16-8-7-11-23-12-16)19(29)15-28-21-18(26(2)22(28)30)13-24-20(25-21)17-9-5-4-6-10-17/h4-13H,3,14-15H2,1-2H3/i2-1. The molecule has 0 aliphatic heterocycles. The molecule has 0 unspecified atom stereocenters. The molecule has 3 heterocycles. The van der Waals surface area contributed by atoms with Gasteiger partial charge in [-0.05, 0) is 18.6 Å². The van der Waals surface area contributed by atoms with Gasteiger partial charge in [0, 0.05) is 38.1 Å². The first-order valence-corrected chi connectivity index (χ1v) is 9.73. The van der Waals surface area contributed by atoms with Crippen LogP contribution in [0.3, 0.4) is 0 Å². The summed E-state index contributed by atoms with van der Waals surface area (Å²) >= 11 is 0. The van der Waals surface area contributed by atoms with Crippen molar-refractivity contribution in [2.75, 3.05) is 6.54 Å². The van der Waals surface area contributed by atoms with Crippen molar-refractivity contribution in [2.45, 2.75) is 20.0 Å². The first kappa shape index (κ1) is 19.5. The van der Waals surface area contributed by atoms with E-state index in [0.29, 0.717) is 30.1 Å². The molecule has 0 atom stereocenters. The number of pyridine rings is 1. The number of benzene rings is 1. The molecule has 4 rings (SSSR count). The number of imidazole rings is 1. The Bertz CT molecular complexity index is 1230. The first-order valence-electron chi connectivity index (χ1n) is 9.73. The van der Waals surface area contributed by atoms with Crippen LogP contribution in [0.1, 0.15) is 12.5 Å². The molecule has 0 fully saturated rings. The first-order chi connectivity index (χ1) is 14.6. The Balaban J connectivity index is 1.68. The predicted octanol–water partition coefficient (Wildman–Crippen LogP) is 2.24. The van der Waals surface area contributed by atoms with Crippen LogP contribution in [0.5, 0.6) is 0 Å². The lowest BCUT2D eigenvalue weighted by molar-refractivity contribution is -0.132. The van der Waals surface area contributed by atoms with Gasteiger partial charge in [0.2, 0.25) is 5.91 Å². The van der Waals surface area contributed by atoms with E-state index >= 15 is 0 Å². The van der Waals surface area contributed by atoms with Gasteiger partial charge < -0.3 is 4.90 Å². The molecule has 30 heavy (non-hydrogen) atoms. The fraction of sp³-hybridized carbons (Fsp3) is 0.227. The summed E-state index contributed by atoms with van der Waals surface area (Å²) in [7, 11) is 1.66. The van der Waals surface area contributed by atoms with Crippen molar-refractivity contribution in [1.29, 1.82) is 0 Å². The van der Waals surface area contributed by atoms with Gasteiger partial charge in [-0.1, -0.05) is 36.4 Å². The van der Waals surface area contributed by atoms with Crippen LogP contribution in [-0.2, 0) is 24.9 Å². The van der Waals surface area contributed by atoms with Crippen LogP contribution in [0.4, 0.5) is 0 Å². The number of carbonyl (C=O) groups excluding carboxylic acids is 1. The zero-order valence-corrected chi connectivity index (χ0v) is 16.9. The number of aryl methyl sites for hydroxylation is 1. The van der Waals surface area contributed by atoms with Gasteiger partial charge in [-0.25, -0.2) is 14.8 Å². The molecular formula is C22H22N6O2. The Morgan fingerprint density at radius 3 is 2.60 bits per heavy atom. The van der Waals surface area contributed by atoms with Crippen LogP contribution in [0.2, 0.25) is 0 Å². The third kappa shape index (κ3) is 3.71. The third-order valence-electron chi connectivity index (χ3n) is 5.04. The smallest absolute Gasteiger partial charge is 0.330 e. The molecule has 0 aliphatic carbocycles. The molecule has 152 valence electrons. The highest BCUT2D eigenvalue weighted by atomic mass is 16.2. The number of amides is 1. The van der Waals surface area contributed by atoms with E-state index in [4.69, 9.17) is 0 Å². The number of nitrogens with zero attached hydrogens (tertiary/aromatic N) is 6. The zero-order valence-electron chi connectivity index (χ0n) is 16.9. The van der Waals surface area contributed by atoms with Crippen LogP contribution in [0.25, 0.3) is 22.6 Å². The molecule has 0 aliphatic rings. The summed E-state index contributed by atoms with van der Waals surface area (Å²) in [6, 6.07) is 13.3.